The zero-order valence-electron chi connectivity index (χ0n) is 10.3. The molecular weight excluding hydrogens is 295 g/mol. The van der Waals surface area contributed by atoms with Gasteiger partial charge in [0.2, 0.25) is 0 Å². The third-order valence-electron chi connectivity index (χ3n) is 2.38. The van der Waals surface area contributed by atoms with Gasteiger partial charge in [0.05, 0.1) is 27.6 Å². The zero-order valence-corrected chi connectivity index (χ0v) is 11.1. The normalized spacial score (nSPS) is 13.4. The highest BCUT2D eigenvalue weighted by atomic mass is 35.5. The maximum atomic E-state index is 12.6. The Labute approximate surface area is 117 Å². The van der Waals surface area contributed by atoms with Crippen LogP contribution in [0.4, 0.5) is 18.9 Å². The van der Waals surface area contributed by atoms with Crippen molar-refractivity contribution in [3.8, 4) is 0 Å². The lowest BCUT2D eigenvalue weighted by Gasteiger charge is -2.09. The van der Waals surface area contributed by atoms with Crippen LogP contribution in [0.25, 0.3) is 0 Å². The van der Waals surface area contributed by atoms with E-state index in [2.05, 4.69) is 4.99 Å². The van der Waals surface area contributed by atoms with E-state index >= 15 is 0 Å². The van der Waals surface area contributed by atoms with Gasteiger partial charge in [0.15, 0.2) is 0 Å². The second-order valence-electron chi connectivity index (χ2n) is 3.81. The number of benzene rings is 1. The molecule has 0 saturated heterocycles. The second kappa shape index (κ2) is 5.96. The first-order chi connectivity index (χ1) is 9.16. The Morgan fingerprint density at radius 3 is 2.45 bits per heavy atom. The lowest BCUT2D eigenvalue weighted by Crippen LogP contribution is -2.20. The Kier molecular flexibility index (Phi) is 4.78. The van der Waals surface area contributed by atoms with Gasteiger partial charge in [0.25, 0.3) is 5.91 Å². The minimum Gasteiger partial charge on any atom is -0.404 e. The molecule has 0 spiro atoms. The van der Waals surface area contributed by atoms with Gasteiger partial charge >= 0.3 is 6.18 Å². The molecule has 0 saturated carbocycles. The maximum Gasteiger partial charge on any atom is 0.416 e. The molecule has 0 heterocycles. The van der Waals surface area contributed by atoms with E-state index in [0.29, 0.717) is 0 Å². The Balaban J connectivity index is 3.30. The monoisotopic (exact) mass is 305 g/mol. The number of amides is 1. The highest BCUT2D eigenvalue weighted by Crippen LogP contribution is 2.35. The largest absolute Gasteiger partial charge is 0.416 e. The van der Waals surface area contributed by atoms with E-state index in [0.717, 1.165) is 24.4 Å². The Bertz CT molecular complexity index is 594. The van der Waals surface area contributed by atoms with Crippen molar-refractivity contribution in [1.29, 1.82) is 0 Å². The number of carbonyl (C=O) groups excluding carboxylic acids is 1. The first-order valence-corrected chi connectivity index (χ1v) is 5.68. The molecule has 0 aromatic heterocycles. The topological polar surface area (TPSA) is 81.5 Å². The van der Waals surface area contributed by atoms with E-state index in [1.807, 2.05) is 0 Å². The molecule has 0 aliphatic rings. The number of hydrogen-bond acceptors (Lipinski definition) is 3. The Morgan fingerprint density at radius 2 is 2.00 bits per heavy atom. The van der Waals surface area contributed by atoms with Gasteiger partial charge < -0.3 is 11.5 Å². The molecule has 0 radical (unpaired) electrons. The molecule has 8 heteroatoms. The molecule has 0 atom stereocenters. The summed E-state index contributed by atoms with van der Waals surface area (Å²) in [5.74, 6) is -0.836. The van der Waals surface area contributed by atoms with E-state index in [1.165, 1.54) is 6.92 Å². The summed E-state index contributed by atoms with van der Waals surface area (Å²) in [7, 11) is 0. The van der Waals surface area contributed by atoms with Crippen LogP contribution in [0, 0.1) is 0 Å². The third kappa shape index (κ3) is 3.74. The van der Waals surface area contributed by atoms with Crippen molar-refractivity contribution in [3.63, 3.8) is 0 Å². The average molecular weight is 306 g/mol. The van der Waals surface area contributed by atoms with Gasteiger partial charge in [-0.2, -0.15) is 13.2 Å². The number of hydrogen-bond donors (Lipinski definition) is 2. The molecule has 0 fully saturated rings. The highest BCUT2D eigenvalue weighted by molar-refractivity contribution is 6.33. The van der Waals surface area contributed by atoms with Crippen LogP contribution in [0.1, 0.15) is 12.5 Å². The van der Waals surface area contributed by atoms with Crippen molar-refractivity contribution in [2.75, 3.05) is 0 Å². The maximum absolute atomic E-state index is 12.6. The van der Waals surface area contributed by atoms with Crippen LogP contribution in [0.3, 0.4) is 0 Å². The summed E-state index contributed by atoms with van der Waals surface area (Å²) in [6, 6.07) is 2.69. The number of nitrogens with zero attached hydrogens (tertiary/aromatic N) is 1. The van der Waals surface area contributed by atoms with Crippen LogP contribution in [0.5, 0.6) is 0 Å². The van der Waals surface area contributed by atoms with Crippen LogP contribution >= 0.6 is 11.6 Å². The molecule has 108 valence electrons. The van der Waals surface area contributed by atoms with E-state index in [1.54, 1.807) is 0 Å². The number of aliphatic imine (C=N–C) groups is 1. The van der Waals surface area contributed by atoms with Gasteiger partial charge in [-0.25, -0.2) is 0 Å². The van der Waals surface area contributed by atoms with E-state index in [9.17, 15) is 18.0 Å². The Morgan fingerprint density at radius 1 is 1.40 bits per heavy atom. The van der Waals surface area contributed by atoms with Crippen molar-refractivity contribution in [2.24, 2.45) is 16.5 Å². The number of alkyl halides is 3. The standard InChI is InChI=1S/C12H11ClF3N3O/c1-6(8(5-17)11(18)20)19-10-4-7(12(14,15)16)2-3-9(10)13/h2-5H,17H2,1H3,(H2,18,20). The fraction of sp³-hybridized carbons (Fsp3) is 0.167. The van der Waals surface area contributed by atoms with Gasteiger partial charge in [-0.1, -0.05) is 11.6 Å². The molecule has 0 aliphatic heterocycles. The van der Waals surface area contributed by atoms with Gasteiger partial charge in [0.1, 0.15) is 0 Å². The molecule has 0 aliphatic carbocycles. The van der Waals surface area contributed by atoms with Crippen LogP contribution in [0.2, 0.25) is 5.02 Å². The van der Waals surface area contributed by atoms with Crippen LogP contribution < -0.4 is 11.5 Å². The summed E-state index contributed by atoms with van der Waals surface area (Å²) < 4.78 is 37.8. The quantitative estimate of drug-likeness (QED) is 0.665. The number of halogens is 4. The van der Waals surface area contributed by atoms with Crippen molar-refractivity contribution in [1.82, 2.24) is 0 Å². The van der Waals surface area contributed by atoms with Crippen molar-refractivity contribution in [3.05, 3.63) is 40.6 Å². The molecule has 20 heavy (non-hydrogen) atoms. The van der Waals surface area contributed by atoms with Crippen molar-refractivity contribution in [2.45, 2.75) is 13.1 Å². The summed E-state index contributed by atoms with van der Waals surface area (Å²) in [5.41, 5.74) is 9.22. The first-order valence-electron chi connectivity index (χ1n) is 5.31. The molecule has 1 amide bonds. The van der Waals surface area contributed by atoms with E-state index in [-0.39, 0.29) is 22.0 Å². The molecule has 1 rings (SSSR count). The fourth-order valence-corrected chi connectivity index (χ4v) is 1.56. The SMILES string of the molecule is CC(=Nc1cc(C(F)(F)F)ccc1Cl)C(=CN)C(N)=O. The summed E-state index contributed by atoms with van der Waals surface area (Å²) in [5, 5.41) is 0.0122. The fourth-order valence-electron chi connectivity index (χ4n) is 1.40. The second-order valence-corrected chi connectivity index (χ2v) is 4.21. The summed E-state index contributed by atoms with van der Waals surface area (Å²) >= 11 is 5.78. The highest BCUT2D eigenvalue weighted by Gasteiger charge is 2.31. The minimum atomic E-state index is -4.51. The summed E-state index contributed by atoms with van der Waals surface area (Å²) in [6.07, 6.45) is -3.58. The summed E-state index contributed by atoms with van der Waals surface area (Å²) in [6.45, 7) is 1.39. The van der Waals surface area contributed by atoms with Crippen molar-refractivity contribution >= 4 is 28.9 Å². The minimum absolute atomic E-state index is 0.0122. The number of rotatable bonds is 3. The predicted octanol–water partition coefficient (Wildman–Crippen LogP) is 2.78. The van der Waals surface area contributed by atoms with E-state index < -0.39 is 17.6 Å². The van der Waals surface area contributed by atoms with Crippen LogP contribution in [-0.4, -0.2) is 11.6 Å². The Hall–Kier alpha value is -2.02. The van der Waals surface area contributed by atoms with Gasteiger partial charge in [-0.05, 0) is 25.1 Å². The lowest BCUT2D eigenvalue weighted by molar-refractivity contribution is -0.137. The predicted molar refractivity (Wildman–Crippen MR) is 70.7 cm³/mol. The molecule has 0 bridgehead atoms. The number of nitrogens with two attached hydrogens (primary N) is 2. The lowest BCUT2D eigenvalue weighted by atomic mass is 10.1. The van der Waals surface area contributed by atoms with Crippen LogP contribution in [0.15, 0.2) is 35.0 Å². The molecule has 1 aromatic carbocycles. The van der Waals surface area contributed by atoms with Gasteiger partial charge in [0, 0.05) is 6.20 Å². The third-order valence-corrected chi connectivity index (χ3v) is 2.70. The number of carbonyl (C=O) groups is 1. The molecule has 4 nitrogen and oxygen atoms in total. The zero-order chi connectivity index (χ0) is 15.5. The smallest absolute Gasteiger partial charge is 0.404 e. The molecule has 1 aromatic rings. The summed E-state index contributed by atoms with van der Waals surface area (Å²) in [4.78, 5) is 14.9. The van der Waals surface area contributed by atoms with Gasteiger partial charge in [-0.15, -0.1) is 0 Å². The van der Waals surface area contributed by atoms with E-state index in [4.69, 9.17) is 23.1 Å². The molecule has 4 N–H and O–H groups in total. The van der Waals surface area contributed by atoms with Gasteiger partial charge in [-0.3, -0.25) is 9.79 Å². The average Bonchev–Trinajstić information content (AvgIpc) is 2.30. The molecule has 0 unspecified atom stereocenters. The number of primary amides is 1. The first kappa shape index (κ1) is 16.0. The van der Waals surface area contributed by atoms with Crippen molar-refractivity contribution < 1.29 is 18.0 Å². The molecular formula is C12H11ClF3N3O. The van der Waals surface area contributed by atoms with Crippen LogP contribution in [-0.2, 0) is 11.0 Å².